The Kier molecular flexibility index (Phi) is 6.10. The Hall–Kier alpha value is -3.45. The van der Waals surface area contributed by atoms with Gasteiger partial charge in [0.2, 0.25) is 0 Å². The molecule has 1 fully saturated rings. The number of hydrogen-bond acceptors (Lipinski definition) is 5. The van der Waals surface area contributed by atoms with Crippen molar-refractivity contribution in [2.45, 2.75) is 12.8 Å². The molecule has 0 aromatic heterocycles. The fraction of sp³-hybridized carbons (Fsp3) is 0.250. The Balaban J connectivity index is 1.71. The monoisotopic (exact) mass is 452 g/mol. The number of halogens is 1. The number of nitrogens with zero attached hydrogens (tertiary/aromatic N) is 2. The van der Waals surface area contributed by atoms with Crippen molar-refractivity contribution in [3.05, 3.63) is 76.8 Å². The number of amides is 3. The molecule has 1 aliphatic heterocycles. The van der Waals surface area contributed by atoms with E-state index in [2.05, 4.69) is 0 Å². The van der Waals surface area contributed by atoms with E-state index in [9.17, 15) is 19.2 Å². The molecule has 32 heavy (non-hydrogen) atoms. The van der Waals surface area contributed by atoms with Gasteiger partial charge in [-0.2, -0.15) is 5.01 Å². The van der Waals surface area contributed by atoms with Crippen LogP contribution in [0.3, 0.4) is 0 Å². The number of hydrazine groups is 1. The molecular formula is C24H21ClN2O5. The third-order valence-corrected chi connectivity index (χ3v) is 6.08. The van der Waals surface area contributed by atoms with Crippen LogP contribution in [0.25, 0.3) is 0 Å². The maximum Gasteiger partial charge on any atom is 0.274 e. The van der Waals surface area contributed by atoms with Gasteiger partial charge in [0.1, 0.15) is 12.3 Å². The van der Waals surface area contributed by atoms with Crippen molar-refractivity contribution in [3.63, 3.8) is 0 Å². The summed E-state index contributed by atoms with van der Waals surface area (Å²) in [5.41, 5.74) is 0.390. The standard InChI is InChI=1S/C24H21ClN2O5/c1-32-16-8-6-7-15(13-16)21(28)14-26(22(29)19-11-4-5-12-20(19)25)27-23(30)17-9-2-3-10-18(17)24(27)31/h2-8,11-13,17-18H,9-10,14H2,1H3/t17-,18-/m0/s1. The molecule has 2 aromatic rings. The van der Waals surface area contributed by atoms with E-state index in [0.717, 1.165) is 10.0 Å². The number of rotatable bonds is 6. The molecule has 1 aliphatic carbocycles. The second-order valence-electron chi connectivity index (χ2n) is 7.64. The predicted molar refractivity (Wildman–Crippen MR) is 117 cm³/mol. The Morgan fingerprint density at radius 2 is 1.69 bits per heavy atom. The summed E-state index contributed by atoms with van der Waals surface area (Å²) in [6.07, 6.45) is 4.56. The number of carbonyl (C=O) groups is 4. The average molecular weight is 453 g/mol. The molecule has 0 saturated carbocycles. The fourth-order valence-electron chi connectivity index (χ4n) is 4.05. The van der Waals surface area contributed by atoms with Crippen LogP contribution < -0.4 is 4.74 Å². The Bertz CT molecular complexity index is 1100. The van der Waals surface area contributed by atoms with E-state index in [-0.39, 0.29) is 10.6 Å². The van der Waals surface area contributed by atoms with E-state index in [0.29, 0.717) is 24.2 Å². The molecule has 1 heterocycles. The first kappa shape index (κ1) is 21.8. The van der Waals surface area contributed by atoms with E-state index in [1.54, 1.807) is 30.3 Å². The molecule has 164 valence electrons. The number of ketones is 1. The predicted octanol–water partition coefficient (Wildman–Crippen LogP) is 3.54. The van der Waals surface area contributed by atoms with Crippen LogP contribution in [0.15, 0.2) is 60.7 Å². The van der Waals surface area contributed by atoms with Crippen LogP contribution in [-0.2, 0) is 9.59 Å². The highest BCUT2D eigenvalue weighted by Gasteiger charge is 2.51. The van der Waals surface area contributed by atoms with Crippen LogP contribution >= 0.6 is 11.6 Å². The van der Waals surface area contributed by atoms with E-state index in [1.807, 2.05) is 12.2 Å². The quantitative estimate of drug-likeness (QED) is 0.380. The lowest BCUT2D eigenvalue weighted by Gasteiger charge is -2.30. The number of benzene rings is 2. The van der Waals surface area contributed by atoms with Gasteiger partial charge in [-0.05, 0) is 37.1 Å². The van der Waals surface area contributed by atoms with Crippen molar-refractivity contribution in [1.82, 2.24) is 10.0 Å². The van der Waals surface area contributed by atoms with Crippen molar-refractivity contribution in [2.75, 3.05) is 13.7 Å². The first-order valence-electron chi connectivity index (χ1n) is 10.2. The van der Waals surface area contributed by atoms with Crippen LogP contribution in [0, 0.1) is 11.8 Å². The number of allylic oxidation sites excluding steroid dienone is 2. The van der Waals surface area contributed by atoms with Gasteiger partial charge in [-0.15, -0.1) is 0 Å². The first-order chi connectivity index (χ1) is 15.4. The summed E-state index contributed by atoms with van der Waals surface area (Å²) in [6.45, 7) is -0.498. The van der Waals surface area contributed by atoms with E-state index >= 15 is 0 Å². The molecule has 7 nitrogen and oxygen atoms in total. The molecule has 2 aliphatic rings. The van der Waals surface area contributed by atoms with Crippen LogP contribution in [0.1, 0.15) is 33.6 Å². The van der Waals surface area contributed by atoms with Gasteiger partial charge in [-0.25, -0.2) is 5.01 Å². The van der Waals surface area contributed by atoms with Gasteiger partial charge >= 0.3 is 0 Å². The summed E-state index contributed by atoms with van der Waals surface area (Å²) in [4.78, 5) is 52.8. The van der Waals surface area contributed by atoms with Gasteiger partial charge in [0, 0.05) is 5.56 Å². The summed E-state index contributed by atoms with van der Waals surface area (Å²) in [5.74, 6) is -2.71. The first-order valence-corrected chi connectivity index (χ1v) is 10.6. The zero-order valence-corrected chi connectivity index (χ0v) is 18.1. The second kappa shape index (κ2) is 8.96. The lowest BCUT2D eigenvalue weighted by Crippen LogP contribution is -2.52. The number of ether oxygens (including phenoxy) is 1. The van der Waals surface area contributed by atoms with Crippen LogP contribution in [-0.4, -0.2) is 47.2 Å². The molecular weight excluding hydrogens is 432 g/mol. The highest BCUT2D eigenvalue weighted by atomic mass is 35.5. The number of fused-ring (bicyclic) bond motifs is 1. The molecule has 2 atom stereocenters. The number of carbonyl (C=O) groups excluding carboxylic acids is 4. The average Bonchev–Trinajstić information content (AvgIpc) is 3.07. The van der Waals surface area contributed by atoms with Crippen molar-refractivity contribution < 1.29 is 23.9 Å². The maximum absolute atomic E-state index is 13.4. The molecule has 0 radical (unpaired) electrons. The molecule has 0 bridgehead atoms. The molecule has 3 amide bonds. The molecule has 0 spiro atoms. The number of methoxy groups -OCH3 is 1. The summed E-state index contributed by atoms with van der Waals surface area (Å²) in [6, 6.07) is 12.8. The SMILES string of the molecule is COc1cccc(C(=O)CN(C(=O)c2ccccc2Cl)N2C(=O)[C@H]3CC=CC[C@@H]3C2=O)c1. The van der Waals surface area contributed by atoms with Crippen LogP contribution in [0.5, 0.6) is 5.75 Å². The summed E-state index contributed by atoms with van der Waals surface area (Å²) in [7, 11) is 1.48. The molecule has 2 aromatic carbocycles. The minimum absolute atomic E-state index is 0.0983. The van der Waals surface area contributed by atoms with Gasteiger partial charge in [0.05, 0.1) is 29.5 Å². The molecule has 0 unspecified atom stereocenters. The third-order valence-electron chi connectivity index (χ3n) is 5.75. The number of Topliss-reactive ketones (excluding diaryl/α,β-unsaturated/α-hetero) is 1. The molecule has 1 saturated heterocycles. The van der Waals surface area contributed by atoms with E-state index in [1.165, 1.54) is 25.3 Å². The minimum atomic E-state index is -0.694. The van der Waals surface area contributed by atoms with E-state index < -0.39 is 41.9 Å². The second-order valence-corrected chi connectivity index (χ2v) is 8.05. The topological polar surface area (TPSA) is 84.0 Å². The largest absolute Gasteiger partial charge is 0.497 e. The van der Waals surface area contributed by atoms with Crippen molar-refractivity contribution in [3.8, 4) is 5.75 Å². The summed E-state index contributed by atoms with van der Waals surface area (Å²) < 4.78 is 5.16. The lowest BCUT2D eigenvalue weighted by atomic mass is 9.85. The van der Waals surface area contributed by atoms with Crippen LogP contribution in [0.4, 0.5) is 0 Å². The Morgan fingerprint density at radius 1 is 1.03 bits per heavy atom. The smallest absolute Gasteiger partial charge is 0.274 e. The number of imide groups is 1. The van der Waals surface area contributed by atoms with Crippen molar-refractivity contribution >= 4 is 35.1 Å². The highest BCUT2D eigenvalue weighted by Crippen LogP contribution is 2.36. The minimum Gasteiger partial charge on any atom is -0.497 e. The summed E-state index contributed by atoms with van der Waals surface area (Å²) >= 11 is 6.21. The third kappa shape index (κ3) is 3.91. The van der Waals surface area contributed by atoms with E-state index in [4.69, 9.17) is 16.3 Å². The van der Waals surface area contributed by atoms with Gasteiger partial charge in [-0.3, -0.25) is 19.2 Å². The normalized spacial score (nSPS) is 19.6. The van der Waals surface area contributed by atoms with Gasteiger partial charge in [0.15, 0.2) is 5.78 Å². The van der Waals surface area contributed by atoms with Crippen LogP contribution in [0.2, 0.25) is 5.02 Å². The zero-order chi connectivity index (χ0) is 22.8. The highest BCUT2D eigenvalue weighted by molar-refractivity contribution is 6.34. The van der Waals surface area contributed by atoms with Gasteiger partial charge < -0.3 is 4.74 Å². The van der Waals surface area contributed by atoms with Gasteiger partial charge in [-0.1, -0.05) is 48.0 Å². The maximum atomic E-state index is 13.4. The zero-order valence-electron chi connectivity index (χ0n) is 17.4. The van der Waals surface area contributed by atoms with Gasteiger partial charge in [0.25, 0.3) is 17.7 Å². The molecule has 4 rings (SSSR count). The Morgan fingerprint density at radius 3 is 2.31 bits per heavy atom. The van der Waals surface area contributed by atoms with Crippen molar-refractivity contribution in [2.24, 2.45) is 11.8 Å². The molecule has 8 heteroatoms. The summed E-state index contributed by atoms with van der Waals surface area (Å²) in [5, 5.41) is 1.92. The Labute approximate surface area is 190 Å². The van der Waals surface area contributed by atoms with Crippen molar-refractivity contribution in [1.29, 1.82) is 0 Å². The fourth-order valence-corrected chi connectivity index (χ4v) is 4.27. The molecule has 0 N–H and O–H groups in total. The lowest BCUT2D eigenvalue weighted by molar-refractivity contribution is -0.154. The number of hydrogen-bond donors (Lipinski definition) is 0.